The lowest BCUT2D eigenvalue weighted by atomic mass is 9.92. The second kappa shape index (κ2) is 7.84. The highest BCUT2D eigenvalue weighted by molar-refractivity contribution is 6.30. The largest absolute Gasteiger partial charge is 0.365 e. The number of benzene rings is 3. The summed E-state index contributed by atoms with van der Waals surface area (Å²) in [6, 6.07) is 20.1. The van der Waals surface area contributed by atoms with Crippen molar-refractivity contribution in [3.8, 4) is 0 Å². The fraction of sp³-hybridized carbons (Fsp3) is 0.200. The molecule has 4 rings (SSSR count). The molecule has 3 aromatic rings. The number of anilines is 2. The highest BCUT2D eigenvalue weighted by atomic mass is 35.5. The van der Waals surface area contributed by atoms with Crippen molar-refractivity contribution in [2.24, 2.45) is 0 Å². The number of hydrogen-bond acceptors (Lipinski definition) is 3. The third kappa shape index (κ3) is 3.50. The molecule has 5 nitrogen and oxygen atoms in total. The number of carbonyl (C=O) groups excluding carboxylic acids is 2. The smallest absolute Gasteiger partial charge is 0.332 e. The van der Waals surface area contributed by atoms with Gasteiger partial charge in [-0.05, 0) is 63.2 Å². The first kappa shape index (κ1) is 21.1. The first-order valence-electron chi connectivity index (χ1n) is 10.0. The van der Waals surface area contributed by atoms with E-state index < -0.39 is 11.8 Å². The van der Waals surface area contributed by atoms with Gasteiger partial charge >= 0.3 is 6.03 Å². The van der Waals surface area contributed by atoms with Crippen molar-refractivity contribution in [1.29, 1.82) is 0 Å². The number of aryl methyl sites for hydroxylation is 1. The number of ketones is 1. The predicted octanol–water partition coefficient (Wildman–Crippen LogP) is 5.53. The molecular weight excluding hydrogens is 412 g/mol. The molecule has 31 heavy (non-hydrogen) atoms. The van der Waals surface area contributed by atoms with Gasteiger partial charge in [-0.15, -0.1) is 0 Å². The lowest BCUT2D eigenvalue weighted by molar-refractivity contribution is 0.0372. The molecule has 1 fully saturated rings. The van der Waals surface area contributed by atoms with E-state index in [2.05, 4.69) is 0 Å². The molecule has 1 aliphatic heterocycles. The van der Waals surface area contributed by atoms with E-state index in [0.29, 0.717) is 27.5 Å². The average Bonchev–Trinajstić information content (AvgIpc) is 2.96. The number of rotatable bonds is 4. The van der Waals surface area contributed by atoms with Crippen molar-refractivity contribution >= 4 is 34.8 Å². The van der Waals surface area contributed by atoms with Gasteiger partial charge in [0.05, 0.1) is 6.04 Å². The van der Waals surface area contributed by atoms with Crippen molar-refractivity contribution in [2.45, 2.75) is 32.5 Å². The lowest BCUT2D eigenvalue weighted by Crippen LogP contribution is -2.48. The zero-order valence-electron chi connectivity index (χ0n) is 17.5. The molecule has 1 N–H and O–H groups in total. The normalized spacial score (nSPS) is 20.9. The van der Waals surface area contributed by atoms with Crippen LogP contribution in [0.25, 0.3) is 0 Å². The van der Waals surface area contributed by atoms with E-state index in [0.717, 1.165) is 5.56 Å². The molecule has 158 valence electrons. The van der Waals surface area contributed by atoms with E-state index in [9.17, 15) is 14.7 Å². The Hall–Kier alpha value is -3.15. The van der Waals surface area contributed by atoms with Crippen LogP contribution in [0.3, 0.4) is 0 Å². The van der Waals surface area contributed by atoms with Crippen molar-refractivity contribution in [3.05, 3.63) is 94.5 Å². The van der Waals surface area contributed by atoms with Gasteiger partial charge in [0.15, 0.2) is 11.5 Å². The third-order valence-corrected chi connectivity index (χ3v) is 6.05. The molecule has 0 saturated carbocycles. The molecular formula is C25H23ClN2O3. The van der Waals surface area contributed by atoms with E-state index in [1.807, 2.05) is 31.2 Å². The molecule has 1 aliphatic rings. The molecule has 2 atom stereocenters. The van der Waals surface area contributed by atoms with Crippen LogP contribution in [0.1, 0.15) is 35.3 Å². The van der Waals surface area contributed by atoms with Crippen molar-refractivity contribution in [1.82, 2.24) is 0 Å². The van der Waals surface area contributed by atoms with Crippen LogP contribution in [0.5, 0.6) is 0 Å². The topological polar surface area (TPSA) is 60.9 Å². The maximum absolute atomic E-state index is 13.7. The SMILES string of the molecule is CC(=O)c1cccc(C2(O)C(C)N(c3ccc(C)cc3)C(=O)N2c2ccc(Cl)cc2)c1. The van der Waals surface area contributed by atoms with Crippen LogP contribution in [0.15, 0.2) is 72.8 Å². The van der Waals surface area contributed by atoms with Gasteiger partial charge in [0.2, 0.25) is 0 Å². The number of carbonyl (C=O) groups is 2. The summed E-state index contributed by atoms with van der Waals surface area (Å²) in [5.41, 5.74) is 1.48. The van der Waals surface area contributed by atoms with Crippen LogP contribution in [0.4, 0.5) is 16.2 Å². The van der Waals surface area contributed by atoms with Crippen LogP contribution in [-0.2, 0) is 5.72 Å². The van der Waals surface area contributed by atoms with E-state index in [1.54, 1.807) is 60.4 Å². The molecule has 0 aromatic heterocycles. The van der Waals surface area contributed by atoms with Crippen molar-refractivity contribution in [3.63, 3.8) is 0 Å². The fourth-order valence-electron chi connectivity index (χ4n) is 4.06. The number of Topliss-reactive ketones (excluding diaryl/α,β-unsaturated/α-hetero) is 1. The molecule has 1 saturated heterocycles. The molecule has 1 heterocycles. The molecule has 2 unspecified atom stereocenters. The minimum Gasteiger partial charge on any atom is -0.365 e. The van der Waals surface area contributed by atoms with Crippen LogP contribution in [0.2, 0.25) is 5.02 Å². The summed E-state index contributed by atoms with van der Waals surface area (Å²) in [6.45, 7) is 5.25. The summed E-state index contributed by atoms with van der Waals surface area (Å²) in [4.78, 5) is 28.6. The number of halogens is 1. The number of aliphatic hydroxyl groups is 1. The van der Waals surface area contributed by atoms with Crippen molar-refractivity contribution in [2.75, 3.05) is 9.80 Å². The summed E-state index contributed by atoms with van der Waals surface area (Å²) >= 11 is 6.05. The molecule has 0 aliphatic carbocycles. The molecule has 0 bridgehead atoms. The molecule has 0 spiro atoms. The summed E-state index contributed by atoms with van der Waals surface area (Å²) in [7, 11) is 0. The maximum Gasteiger partial charge on any atom is 0.332 e. The Bertz CT molecular complexity index is 1140. The van der Waals surface area contributed by atoms with Crippen LogP contribution in [-0.4, -0.2) is 23.0 Å². The summed E-state index contributed by atoms with van der Waals surface area (Å²) in [5.74, 6) is -0.115. The monoisotopic (exact) mass is 434 g/mol. The average molecular weight is 435 g/mol. The van der Waals surface area contributed by atoms with Gasteiger partial charge in [-0.2, -0.15) is 0 Å². The minimum atomic E-state index is -1.71. The Morgan fingerprint density at radius 2 is 1.61 bits per heavy atom. The van der Waals surface area contributed by atoms with Crippen LogP contribution >= 0.6 is 11.6 Å². The van der Waals surface area contributed by atoms with Gasteiger partial charge in [0.1, 0.15) is 0 Å². The Morgan fingerprint density at radius 3 is 2.23 bits per heavy atom. The van der Waals surface area contributed by atoms with Crippen LogP contribution in [0, 0.1) is 6.92 Å². The summed E-state index contributed by atoms with van der Waals surface area (Å²) in [5, 5.41) is 12.6. The first-order chi connectivity index (χ1) is 14.7. The zero-order valence-corrected chi connectivity index (χ0v) is 18.3. The van der Waals surface area contributed by atoms with E-state index >= 15 is 0 Å². The minimum absolute atomic E-state index is 0.115. The highest BCUT2D eigenvalue weighted by Gasteiger charge is 2.56. The summed E-state index contributed by atoms with van der Waals surface area (Å²) in [6.07, 6.45) is 0. The Morgan fingerprint density at radius 1 is 1.00 bits per heavy atom. The van der Waals surface area contributed by atoms with E-state index in [-0.39, 0.29) is 11.8 Å². The molecule has 2 amide bonds. The second-order valence-electron chi connectivity index (χ2n) is 7.84. The van der Waals surface area contributed by atoms with Crippen molar-refractivity contribution < 1.29 is 14.7 Å². The van der Waals surface area contributed by atoms with Gasteiger partial charge in [-0.25, -0.2) is 4.79 Å². The van der Waals surface area contributed by atoms with Gasteiger partial charge < -0.3 is 5.11 Å². The Labute approximate surface area is 186 Å². The maximum atomic E-state index is 13.7. The van der Waals surface area contributed by atoms with Gasteiger partial charge in [-0.1, -0.05) is 47.5 Å². The van der Waals surface area contributed by atoms with Gasteiger partial charge in [-0.3, -0.25) is 14.6 Å². The Balaban J connectivity index is 1.91. The number of amides is 2. The molecule has 3 aromatic carbocycles. The van der Waals surface area contributed by atoms with E-state index in [1.165, 1.54) is 11.8 Å². The lowest BCUT2D eigenvalue weighted by Gasteiger charge is -2.36. The van der Waals surface area contributed by atoms with Gasteiger partial charge in [0.25, 0.3) is 0 Å². The van der Waals surface area contributed by atoms with E-state index in [4.69, 9.17) is 11.6 Å². The standard InChI is InChI=1S/C25H23ClN2O3/c1-16-7-11-22(12-8-16)27-18(3)25(31,20-6-4-5-19(15-20)17(2)29)28(24(27)30)23-13-9-21(26)10-14-23/h4-15,18,31H,1-3H3. The third-order valence-electron chi connectivity index (χ3n) is 5.80. The number of urea groups is 1. The molecule has 0 radical (unpaired) electrons. The van der Waals surface area contributed by atoms with Gasteiger partial charge in [0, 0.05) is 27.5 Å². The number of hydrogen-bond donors (Lipinski definition) is 1. The number of nitrogens with zero attached hydrogens (tertiary/aromatic N) is 2. The quantitative estimate of drug-likeness (QED) is 0.549. The summed E-state index contributed by atoms with van der Waals surface area (Å²) < 4.78 is 0. The fourth-order valence-corrected chi connectivity index (χ4v) is 4.19. The predicted molar refractivity (Wildman–Crippen MR) is 123 cm³/mol. The highest BCUT2D eigenvalue weighted by Crippen LogP contribution is 2.44. The zero-order chi connectivity index (χ0) is 22.3. The Kier molecular flexibility index (Phi) is 5.33. The second-order valence-corrected chi connectivity index (χ2v) is 8.28. The first-order valence-corrected chi connectivity index (χ1v) is 10.4. The molecule has 6 heteroatoms. The van der Waals surface area contributed by atoms with Crippen LogP contribution < -0.4 is 9.80 Å².